The molecule has 0 amide bonds. The van der Waals surface area contributed by atoms with Gasteiger partial charge < -0.3 is 21.5 Å². The van der Waals surface area contributed by atoms with Crippen LogP contribution in [0.1, 0.15) is 118 Å². The largest absolute Gasteiger partial charge is 0.397 e. The van der Waals surface area contributed by atoms with E-state index in [1.807, 2.05) is 13.8 Å². The molecule has 0 aromatic rings. The molecule has 0 heterocycles. The zero-order chi connectivity index (χ0) is 31.4. The smallest absolute Gasteiger partial charge is 0.393 e. The van der Waals surface area contributed by atoms with Crippen molar-refractivity contribution in [2.45, 2.75) is 136 Å². The Bertz CT molecular complexity index is 981. The Morgan fingerprint density at radius 2 is 1.60 bits per heavy atom. The average Bonchev–Trinajstić information content (AvgIpc) is 3.29. The van der Waals surface area contributed by atoms with Gasteiger partial charge in [-0.1, -0.05) is 34.6 Å². The molecule has 4 fully saturated rings. The highest BCUT2D eigenvalue weighted by Gasteiger charge is 2.62. The zero-order valence-corrected chi connectivity index (χ0v) is 28.7. The second-order valence-electron chi connectivity index (χ2n) is 15.9. The van der Waals surface area contributed by atoms with Gasteiger partial charge in [0.25, 0.3) is 0 Å². The fourth-order valence-corrected chi connectivity index (χ4v) is 11.3. The minimum Gasteiger partial charge on any atom is -0.393 e. The number of unbranched alkanes of at least 4 members (excludes halogenated alkanes) is 1. The minimum atomic E-state index is -4.45. The molecular formula is C34H65N3O5S. The van der Waals surface area contributed by atoms with Crippen molar-refractivity contribution < 1.29 is 22.3 Å². The predicted octanol–water partition coefficient (Wildman–Crippen LogP) is 5.55. The Hall–Kier alpha value is -0.290. The van der Waals surface area contributed by atoms with Crippen LogP contribution in [0.15, 0.2) is 0 Å². The summed E-state index contributed by atoms with van der Waals surface area (Å²) in [5.41, 5.74) is 6.13. The van der Waals surface area contributed by atoms with Gasteiger partial charge in [-0.3, -0.25) is 4.55 Å². The molecule has 43 heavy (non-hydrogen) atoms. The Kier molecular flexibility index (Phi) is 12.5. The van der Waals surface area contributed by atoms with Gasteiger partial charge >= 0.3 is 10.4 Å². The number of fused-ring (bicyclic) bond motifs is 5. The predicted molar refractivity (Wildman–Crippen MR) is 174 cm³/mol. The maximum absolute atomic E-state index is 11.8. The van der Waals surface area contributed by atoms with Gasteiger partial charge in [0.15, 0.2) is 0 Å². The average molecular weight is 628 g/mol. The van der Waals surface area contributed by atoms with E-state index >= 15 is 0 Å². The highest BCUT2D eigenvalue weighted by atomic mass is 32.3. The Morgan fingerprint density at radius 3 is 2.30 bits per heavy atom. The summed E-state index contributed by atoms with van der Waals surface area (Å²) in [4.78, 5) is 0. The number of rotatable bonds is 16. The number of nitrogens with one attached hydrogen (secondary N) is 2. The second kappa shape index (κ2) is 15.1. The summed E-state index contributed by atoms with van der Waals surface area (Å²) in [5, 5.41) is 19.2. The molecule has 4 saturated carbocycles. The van der Waals surface area contributed by atoms with Crippen molar-refractivity contribution in [2.24, 2.45) is 58.0 Å². The molecule has 9 heteroatoms. The highest BCUT2D eigenvalue weighted by Crippen LogP contribution is 2.68. The zero-order valence-electron chi connectivity index (χ0n) is 27.9. The SMILES string of the molecule is CC(C)C(CC[C@H](C)[C@H]1CCC2C3C(O)CC4C[C@@H](NCCCNCCCCN)CC[C@]4(C)C3CC[C@@]21C)OS(=O)(=O)O. The van der Waals surface area contributed by atoms with Crippen molar-refractivity contribution in [3.8, 4) is 0 Å². The van der Waals surface area contributed by atoms with E-state index in [4.69, 9.17) is 9.92 Å². The van der Waals surface area contributed by atoms with Gasteiger partial charge in [-0.25, -0.2) is 4.18 Å². The fourth-order valence-electron chi connectivity index (χ4n) is 10.7. The lowest BCUT2D eigenvalue weighted by atomic mass is 9.43. The van der Waals surface area contributed by atoms with Crippen LogP contribution in [0, 0.1) is 52.3 Å². The molecule has 0 bridgehead atoms. The standard InChI is InChI=1S/C34H65N3O5S/c1-23(2)31(42-43(39,40)41)12-9-24(3)27-10-11-28-32-29(14-16-34(27,28)5)33(4)15-13-26(21-25(33)22-30(32)38)37-20-8-19-36-18-7-6-17-35/h23-32,36-38H,6-22,35H2,1-5H3,(H,39,40,41)/t24-,25?,26-,27+,28?,29?,30?,31?,32?,33-,34+/m0/s1. The van der Waals surface area contributed by atoms with Crippen LogP contribution in [0.5, 0.6) is 0 Å². The van der Waals surface area contributed by atoms with E-state index in [9.17, 15) is 18.1 Å². The first-order valence-corrected chi connectivity index (χ1v) is 19.1. The van der Waals surface area contributed by atoms with Crippen molar-refractivity contribution >= 4 is 10.4 Å². The summed E-state index contributed by atoms with van der Waals surface area (Å²) in [6.45, 7) is 15.3. The molecule has 0 aromatic heterocycles. The number of aliphatic hydroxyl groups excluding tert-OH is 1. The molecule has 0 saturated heterocycles. The van der Waals surface area contributed by atoms with Crippen molar-refractivity contribution in [2.75, 3.05) is 26.2 Å². The summed E-state index contributed by atoms with van der Waals surface area (Å²) < 4.78 is 37.1. The first-order chi connectivity index (χ1) is 20.3. The summed E-state index contributed by atoms with van der Waals surface area (Å²) in [7, 11) is -4.45. The number of hydrogen-bond donors (Lipinski definition) is 5. The van der Waals surface area contributed by atoms with E-state index in [1.54, 1.807) is 0 Å². The Balaban J connectivity index is 1.32. The quantitative estimate of drug-likeness (QED) is 0.111. The Labute approximate surface area is 263 Å². The van der Waals surface area contributed by atoms with E-state index in [0.717, 1.165) is 58.3 Å². The second-order valence-corrected chi connectivity index (χ2v) is 17.0. The van der Waals surface area contributed by atoms with E-state index in [2.05, 4.69) is 31.4 Å². The lowest BCUT2D eigenvalue weighted by Crippen LogP contribution is -2.59. The van der Waals surface area contributed by atoms with Crippen molar-refractivity contribution in [3.63, 3.8) is 0 Å². The van der Waals surface area contributed by atoms with E-state index in [0.29, 0.717) is 53.4 Å². The van der Waals surface area contributed by atoms with Gasteiger partial charge in [-0.15, -0.1) is 0 Å². The third-order valence-corrected chi connectivity index (χ3v) is 13.6. The van der Waals surface area contributed by atoms with Crippen molar-refractivity contribution in [1.29, 1.82) is 0 Å². The van der Waals surface area contributed by atoms with E-state index < -0.39 is 16.5 Å². The molecule has 0 aliphatic heterocycles. The molecule has 8 nitrogen and oxygen atoms in total. The molecule has 0 radical (unpaired) electrons. The molecule has 4 rings (SSSR count). The summed E-state index contributed by atoms with van der Waals surface area (Å²) in [6.07, 6.45) is 13.7. The Morgan fingerprint density at radius 1 is 0.907 bits per heavy atom. The van der Waals surface area contributed by atoms with Crippen molar-refractivity contribution in [1.82, 2.24) is 10.6 Å². The maximum atomic E-state index is 11.8. The molecule has 4 aliphatic carbocycles. The van der Waals surface area contributed by atoms with Gasteiger partial charge in [0, 0.05) is 6.04 Å². The van der Waals surface area contributed by atoms with Crippen LogP contribution in [0.3, 0.4) is 0 Å². The van der Waals surface area contributed by atoms with Crippen LogP contribution in [0.4, 0.5) is 0 Å². The lowest BCUT2D eigenvalue weighted by Gasteiger charge is -2.62. The molecule has 0 aromatic carbocycles. The third kappa shape index (κ3) is 8.36. The van der Waals surface area contributed by atoms with Crippen molar-refractivity contribution in [3.05, 3.63) is 0 Å². The van der Waals surface area contributed by atoms with Crippen LogP contribution in [-0.4, -0.2) is 62.5 Å². The summed E-state index contributed by atoms with van der Waals surface area (Å²) in [6, 6.07) is 0.573. The minimum absolute atomic E-state index is 0.0152. The van der Waals surface area contributed by atoms with E-state index in [1.165, 1.54) is 44.9 Å². The van der Waals surface area contributed by atoms with Gasteiger partial charge in [-0.2, -0.15) is 8.42 Å². The number of nitrogens with two attached hydrogens (primary N) is 1. The number of hydrogen-bond acceptors (Lipinski definition) is 7. The topological polar surface area (TPSA) is 134 Å². The van der Waals surface area contributed by atoms with Crippen LogP contribution in [0.2, 0.25) is 0 Å². The monoisotopic (exact) mass is 627 g/mol. The molecule has 252 valence electrons. The first kappa shape index (κ1) is 35.6. The maximum Gasteiger partial charge on any atom is 0.397 e. The lowest BCUT2D eigenvalue weighted by molar-refractivity contribution is -0.167. The molecule has 6 N–H and O–H groups in total. The van der Waals surface area contributed by atoms with Crippen LogP contribution in [-0.2, 0) is 14.6 Å². The fraction of sp³-hybridized carbons (Fsp3) is 1.00. The van der Waals surface area contributed by atoms with Gasteiger partial charge in [-0.05, 0) is 162 Å². The van der Waals surface area contributed by atoms with Gasteiger partial charge in [0.2, 0.25) is 0 Å². The third-order valence-electron chi connectivity index (χ3n) is 13.1. The normalized spacial score (nSPS) is 39.2. The molecule has 4 aliphatic rings. The molecule has 11 atom stereocenters. The van der Waals surface area contributed by atoms with Gasteiger partial charge in [0.1, 0.15) is 0 Å². The summed E-state index contributed by atoms with van der Waals surface area (Å²) >= 11 is 0. The molecule has 0 spiro atoms. The highest BCUT2D eigenvalue weighted by molar-refractivity contribution is 7.80. The molecular weight excluding hydrogens is 562 g/mol. The van der Waals surface area contributed by atoms with Crippen LogP contribution in [0.25, 0.3) is 0 Å². The van der Waals surface area contributed by atoms with Crippen LogP contribution >= 0.6 is 0 Å². The van der Waals surface area contributed by atoms with E-state index in [-0.39, 0.29) is 17.4 Å². The molecule has 6 unspecified atom stereocenters. The summed E-state index contributed by atoms with van der Waals surface area (Å²) in [5.74, 6) is 3.21. The number of aliphatic hydroxyl groups is 1. The van der Waals surface area contributed by atoms with Crippen LogP contribution < -0.4 is 16.4 Å². The van der Waals surface area contributed by atoms with Gasteiger partial charge in [0.05, 0.1) is 12.2 Å². The first-order valence-electron chi connectivity index (χ1n) is 17.8.